The summed E-state index contributed by atoms with van der Waals surface area (Å²) in [5.41, 5.74) is 3.69. The van der Waals surface area contributed by atoms with E-state index in [4.69, 9.17) is 4.52 Å². The van der Waals surface area contributed by atoms with Gasteiger partial charge in [0.05, 0.1) is 23.3 Å². The summed E-state index contributed by atoms with van der Waals surface area (Å²) in [6, 6.07) is 10.7. The van der Waals surface area contributed by atoms with Crippen molar-refractivity contribution in [1.82, 2.24) is 25.1 Å². The van der Waals surface area contributed by atoms with Gasteiger partial charge >= 0.3 is 0 Å². The minimum atomic E-state index is 0.0920. The van der Waals surface area contributed by atoms with E-state index in [-0.39, 0.29) is 5.75 Å². The summed E-state index contributed by atoms with van der Waals surface area (Å²) in [5.74, 6) is 1.11. The molecule has 0 bridgehead atoms. The molecule has 4 rings (SSSR count). The third-order valence-electron chi connectivity index (χ3n) is 3.97. The third-order valence-corrected chi connectivity index (χ3v) is 3.97. The van der Waals surface area contributed by atoms with Gasteiger partial charge in [0.25, 0.3) is 0 Å². The standard InChI is InChI=1S/C19H16N6O2/c1-12-14(18(27-25-12)17-6-5-13(26)10-22-17)11-23-19-21-9-7-16(24-19)15-4-2-3-8-20-15/h2-10,26H,11H2,1H3,(H,21,23,24). The molecule has 0 aliphatic carbocycles. The fourth-order valence-corrected chi connectivity index (χ4v) is 2.59. The van der Waals surface area contributed by atoms with Gasteiger partial charge in [-0.05, 0) is 37.3 Å². The smallest absolute Gasteiger partial charge is 0.223 e. The Balaban J connectivity index is 1.56. The van der Waals surface area contributed by atoms with Crippen molar-refractivity contribution in [3.05, 3.63) is 66.2 Å². The van der Waals surface area contributed by atoms with Crippen LogP contribution in [0.1, 0.15) is 11.3 Å². The van der Waals surface area contributed by atoms with E-state index in [1.807, 2.05) is 31.2 Å². The van der Waals surface area contributed by atoms with Crippen molar-refractivity contribution in [2.45, 2.75) is 13.5 Å². The van der Waals surface area contributed by atoms with Crippen molar-refractivity contribution < 1.29 is 9.63 Å². The van der Waals surface area contributed by atoms with Crippen LogP contribution >= 0.6 is 0 Å². The summed E-state index contributed by atoms with van der Waals surface area (Å²) in [6.45, 7) is 2.27. The number of aromatic nitrogens is 5. The van der Waals surface area contributed by atoms with E-state index in [0.29, 0.717) is 23.9 Å². The lowest BCUT2D eigenvalue weighted by Crippen LogP contribution is -2.05. The Bertz CT molecular complexity index is 1050. The topological polar surface area (TPSA) is 110 Å². The molecule has 0 saturated heterocycles. The lowest BCUT2D eigenvalue weighted by Gasteiger charge is -2.07. The van der Waals surface area contributed by atoms with Crippen LogP contribution in [0.4, 0.5) is 5.95 Å². The Labute approximate surface area is 155 Å². The van der Waals surface area contributed by atoms with E-state index in [0.717, 1.165) is 22.6 Å². The second-order valence-electron chi connectivity index (χ2n) is 5.81. The first kappa shape index (κ1) is 16.6. The number of hydrogen-bond acceptors (Lipinski definition) is 8. The lowest BCUT2D eigenvalue weighted by molar-refractivity contribution is 0.425. The van der Waals surface area contributed by atoms with Crippen molar-refractivity contribution in [3.63, 3.8) is 0 Å². The molecule has 8 heteroatoms. The van der Waals surface area contributed by atoms with Gasteiger partial charge in [0, 0.05) is 24.5 Å². The van der Waals surface area contributed by atoms with Crippen LogP contribution in [0.5, 0.6) is 5.75 Å². The van der Waals surface area contributed by atoms with Gasteiger partial charge in [-0.25, -0.2) is 15.0 Å². The number of hydrogen-bond donors (Lipinski definition) is 2. The Kier molecular flexibility index (Phi) is 4.44. The fourth-order valence-electron chi connectivity index (χ4n) is 2.59. The highest BCUT2D eigenvalue weighted by Crippen LogP contribution is 2.26. The van der Waals surface area contributed by atoms with Gasteiger partial charge in [0.15, 0.2) is 5.76 Å². The molecule has 0 atom stereocenters. The summed E-state index contributed by atoms with van der Waals surface area (Å²) < 4.78 is 5.42. The van der Waals surface area contributed by atoms with Crippen molar-refractivity contribution in [1.29, 1.82) is 0 Å². The largest absolute Gasteiger partial charge is 0.506 e. The van der Waals surface area contributed by atoms with E-state index in [1.165, 1.54) is 6.20 Å². The first-order valence-corrected chi connectivity index (χ1v) is 8.29. The molecule has 134 valence electrons. The number of anilines is 1. The van der Waals surface area contributed by atoms with Crippen LogP contribution in [-0.2, 0) is 6.54 Å². The van der Waals surface area contributed by atoms with Crippen molar-refractivity contribution in [2.75, 3.05) is 5.32 Å². The third kappa shape index (κ3) is 3.59. The number of pyridine rings is 2. The average Bonchev–Trinajstić information content (AvgIpc) is 3.08. The molecule has 8 nitrogen and oxygen atoms in total. The van der Waals surface area contributed by atoms with Crippen LogP contribution in [-0.4, -0.2) is 30.2 Å². The summed E-state index contributed by atoms with van der Waals surface area (Å²) in [6.07, 6.45) is 4.77. The highest BCUT2D eigenvalue weighted by molar-refractivity contribution is 5.59. The molecule has 0 saturated carbocycles. The van der Waals surface area contributed by atoms with E-state index >= 15 is 0 Å². The van der Waals surface area contributed by atoms with Gasteiger partial charge in [0.1, 0.15) is 11.4 Å². The van der Waals surface area contributed by atoms with Gasteiger partial charge in [0.2, 0.25) is 5.95 Å². The number of nitrogens with zero attached hydrogens (tertiary/aromatic N) is 5. The zero-order valence-electron chi connectivity index (χ0n) is 14.5. The van der Waals surface area contributed by atoms with Crippen LogP contribution in [0.15, 0.2) is 59.5 Å². The van der Waals surface area contributed by atoms with Crippen LogP contribution in [0.3, 0.4) is 0 Å². The summed E-state index contributed by atoms with van der Waals surface area (Å²) in [4.78, 5) is 17.2. The highest BCUT2D eigenvalue weighted by atomic mass is 16.5. The first-order valence-electron chi connectivity index (χ1n) is 8.29. The first-order chi connectivity index (χ1) is 13.2. The Morgan fingerprint density at radius 2 is 1.89 bits per heavy atom. The second kappa shape index (κ2) is 7.20. The van der Waals surface area contributed by atoms with Gasteiger partial charge in [-0.1, -0.05) is 11.2 Å². The average molecular weight is 360 g/mol. The van der Waals surface area contributed by atoms with Crippen molar-refractivity contribution in [2.24, 2.45) is 0 Å². The SMILES string of the molecule is Cc1noc(-c2ccc(O)cn2)c1CNc1nccc(-c2ccccn2)n1. The number of rotatable bonds is 5. The van der Waals surface area contributed by atoms with Crippen LogP contribution in [0.2, 0.25) is 0 Å². The molecule has 4 aromatic rings. The van der Waals surface area contributed by atoms with Gasteiger partial charge in [-0.15, -0.1) is 0 Å². The van der Waals surface area contributed by atoms with Gasteiger partial charge in [-0.2, -0.15) is 0 Å². The number of nitrogens with one attached hydrogen (secondary N) is 1. The molecule has 0 amide bonds. The summed E-state index contributed by atoms with van der Waals surface area (Å²) in [5, 5.41) is 16.6. The zero-order valence-corrected chi connectivity index (χ0v) is 14.5. The molecule has 27 heavy (non-hydrogen) atoms. The summed E-state index contributed by atoms with van der Waals surface area (Å²) >= 11 is 0. The molecule has 4 heterocycles. The lowest BCUT2D eigenvalue weighted by atomic mass is 10.1. The molecule has 4 aromatic heterocycles. The predicted molar refractivity (Wildman–Crippen MR) is 98.7 cm³/mol. The Morgan fingerprint density at radius 3 is 2.67 bits per heavy atom. The fraction of sp³-hybridized carbons (Fsp3) is 0.105. The van der Waals surface area contributed by atoms with E-state index < -0.39 is 0 Å². The highest BCUT2D eigenvalue weighted by Gasteiger charge is 2.16. The monoisotopic (exact) mass is 360 g/mol. The van der Waals surface area contributed by atoms with Crippen LogP contribution < -0.4 is 5.32 Å². The zero-order chi connectivity index (χ0) is 18.6. The minimum absolute atomic E-state index is 0.0920. The molecule has 0 fully saturated rings. The maximum Gasteiger partial charge on any atom is 0.223 e. The van der Waals surface area contributed by atoms with Gasteiger partial charge in [-0.3, -0.25) is 4.98 Å². The molecule has 0 spiro atoms. The molecule has 0 aliphatic heterocycles. The van der Waals surface area contributed by atoms with Gasteiger partial charge < -0.3 is 14.9 Å². The normalized spacial score (nSPS) is 10.7. The van der Waals surface area contributed by atoms with Crippen molar-refractivity contribution >= 4 is 5.95 Å². The molecular formula is C19H16N6O2. The molecule has 0 aromatic carbocycles. The number of aryl methyl sites for hydroxylation is 1. The molecule has 2 N–H and O–H groups in total. The summed E-state index contributed by atoms with van der Waals surface area (Å²) in [7, 11) is 0. The second-order valence-corrected chi connectivity index (χ2v) is 5.81. The Hall–Kier alpha value is -3.81. The molecule has 0 unspecified atom stereocenters. The van der Waals surface area contributed by atoms with Crippen LogP contribution in [0.25, 0.3) is 22.8 Å². The molecule has 0 aliphatic rings. The van der Waals surface area contributed by atoms with E-state index in [1.54, 1.807) is 24.5 Å². The minimum Gasteiger partial charge on any atom is -0.506 e. The van der Waals surface area contributed by atoms with E-state index in [9.17, 15) is 5.11 Å². The quantitative estimate of drug-likeness (QED) is 0.558. The number of aromatic hydroxyl groups is 1. The maximum atomic E-state index is 9.41. The van der Waals surface area contributed by atoms with E-state index in [2.05, 4.69) is 30.4 Å². The van der Waals surface area contributed by atoms with Crippen molar-refractivity contribution in [3.8, 4) is 28.6 Å². The molecule has 0 radical (unpaired) electrons. The molecular weight excluding hydrogens is 344 g/mol. The Morgan fingerprint density at radius 1 is 0.963 bits per heavy atom. The maximum absolute atomic E-state index is 9.41. The van der Waals surface area contributed by atoms with Crippen LogP contribution in [0, 0.1) is 6.92 Å². The predicted octanol–water partition coefficient (Wildman–Crippen LogP) is 3.21.